The first kappa shape index (κ1) is 15.2. The maximum absolute atomic E-state index is 13.1. The number of halogens is 2. The van der Waals surface area contributed by atoms with E-state index in [0.29, 0.717) is 5.56 Å². The van der Waals surface area contributed by atoms with Gasteiger partial charge in [0, 0.05) is 6.20 Å². The molecule has 21 heavy (non-hydrogen) atoms. The molecule has 0 atom stereocenters. The summed E-state index contributed by atoms with van der Waals surface area (Å²) in [5, 5.41) is 8.69. The summed E-state index contributed by atoms with van der Waals surface area (Å²) in [6.07, 6.45) is 2.44. The molecule has 0 aliphatic heterocycles. The first-order chi connectivity index (χ1) is 9.95. The largest absolute Gasteiger partial charge is 0.244 e. The van der Waals surface area contributed by atoms with E-state index in [1.54, 1.807) is 12.1 Å². The zero-order chi connectivity index (χ0) is 15.5. The molecule has 7 heteroatoms. The molecular weight excluding hydrogens is 315 g/mol. The fourth-order valence-electron chi connectivity index (χ4n) is 1.54. The SMILES string of the molecule is N#CC(=Cc1ccc(F)c(Cl)c1)S(=O)(=O)c1ccccn1. The van der Waals surface area contributed by atoms with Gasteiger partial charge in [-0.1, -0.05) is 23.7 Å². The number of rotatable bonds is 3. The van der Waals surface area contributed by atoms with Crippen LogP contribution in [0.4, 0.5) is 4.39 Å². The molecule has 0 amide bonds. The lowest BCUT2D eigenvalue weighted by atomic mass is 10.2. The van der Waals surface area contributed by atoms with E-state index in [2.05, 4.69) is 4.98 Å². The van der Waals surface area contributed by atoms with Crippen molar-refractivity contribution in [3.63, 3.8) is 0 Å². The fourth-order valence-corrected chi connectivity index (χ4v) is 2.83. The lowest BCUT2D eigenvalue weighted by Gasteiger charge is -2.02. The van der Waals surface area contributed by atoms with Crippen LogP contribution in [0.5, 0.6) is 0 Å². The van der Waals surface area contributed by atoms with Crippen molar-refractivity contribution in [2.24, 2.45) is 0 Å². The van der Waals surface area contributed by atoms with E-state index in [1.165, 1.54) is 30.5 Å². The van der Waals surface area contributed by atoms with Crippen molar-refractivity contribution in [1.29, 1.82) is 5.26 Å². The second-order valence-electron chi connectivity index (χ2n) is 3.97. The summed E-state index contributed by atoms with van der Waals surface area (Å²) in [6.45, 7) is 0. The molecule has 1 heterocycles. The van der Waals surface area contributed by atoms with Gasteiger partial charge >= 0.3 is 0 Å². The Morgan fingerprint density at radius 3 is 2.67 bits per heavy atom. The van der Waals surface area contributed by atoms with Gasteiger partial charge in [-0.15, -0.1) is 0 Å². The molecule has 1 aromatic carbocycles. The van der Waals surface area contributed by atoms with Gasteiger partial charge in [-0.3, -0.25) is 0 Å². The Labute approximate surface area is 126 Å². The first-order valence-electron chi connectivity index (χ1n) is 5.68. The monoisotopic (exact) mass is 322 g/mol. The molecule has 0 saturated heterocycles. The average Bonchev–Trinajstić information content (AvgIpc) is 2.49. The highest BCUT2D eigenvalue weighted by Crippen LogP contribution is 2.22. The van der Waals surface area contributed by atoms with Crippen LogP contribution in [0.25, 0.3) is 6.08 Å². The number of sulfone groups is 1. The molecule has 0 bridgehead atoms. The van der Waals surface area contributed by atoms with E-state index in [4.69, 9.17) is 16.9 Å². The highest BCUT2D eigenvalue weighted by Gasteiger charge is 2.21. The summed E-state index contributed by atoms with van der Waals surface area (Å²) in [6, 6.07) is 9.64. The summed E-state index contributed by atoms with van der Waals surface area (Å²) in [5.41, 5.74) is 0.303. The van der Waals surface area contributed by atoms with Crippen molar-refractivity contribution in [2.75, 3.05) is 0 Å². The summed E-state index contributed by atoms with van der Waals surface area (Å²) >= 11 is 5.62. The van der Waals surface area contributed by atoms with Crippen molar-refractivity contribution in [3.05, 3.63) is 63.9 Å². The van der Waals surface area contributed by atoms with E-state index >= 15 is 0 Å². The second kappa shape index (κ2) is 6.04. The van der Waals surface area contributed by atoms with Crippen LogP contribution in [0.1, 0.15) is 5.56 Å². The molecule has 106 valence electrons. The van der Waals surface area contributed by atoms with Gasteiger partial charge in [0.05, 0.1) is 5.02 Å². The van der Waals surface area contributed by atoms with E-state index in [9.17, 15) is 12.8 Å². The summed E-state index contributed by atoms with van der Waals surface area (Å²) < 4.78 is 37.6. The van der Waals surface area contributed by atoms with Gasteiger partial charge in [0.2, 0.25) is 9.84 Å². The number of pyridine rings is 1. The van der Waals surface area contributed by atoms with Crippen molar-refractivity contribution < 1.29 is 12.8 Å². The molecule has 4 nitrogen and oxygen atoms in total. The van der Waals surface area contributed by atoms with Gasteiger partial charge in [-0.2, -0.15) is 5.26 Å². The number of hydrogen-bond acceptors (Lipinski definition) is 4. The molecule has 2 rings (SSSR count). The number of allylic oxidation sites excluding steroid dienone is 1. The summed E-state index contributed by atoms with van der Waals surface area (Å²) in [4.78, 5) is 3.23. The Morgan fingerprint density at radius 1 is 1.33 bits per heavy atom. The molecule has 0 fully saturated rings. The van der Waals surface area contributed by atoms with Crippen molar-refractivity contribution in [3.8, 4) is 6.07 Å². The van der Waals surface area contributed by atoms with E-state index in [-0.39, 0.29) is 10.0 Å². The normalized spacial score (nSPS) is 12.0. The number of aromatic nitrogens is 1. The predicted molar refractivity (Wildman–Crippen MR) is 76.4 cm³/mol. The van der Waals surface area contributed by atoms with Crippen LogP contribution in [0.15, 0.2) is 52.5 Å². The minimum atomic E-state index is -4.02. The van der Waals surface area contributed by atoms with Crippen molar-refractivity contribution >= 4 is 27.5 Å². The zero-order valence-electron chi connectivity index (χ0n) is 10.5. The molecule has 0 aliphatic rings. The van der Waals surface area contributed by atoms with Crippen LogP contribution < -0.4 is 0 Å². The first-order valence-corrected chi connectivity index (χ1v) is 7.54. The summed E-state index contributed by atoms with van der Waals surface area (Å²) in [7, 11) is -4.02. The van der Waals surface area contributed by atoms with Crippen molar-refractivity contribution in [2.45, 2.75) is 5.03 Å². The highest BCUT2D eigenvalue weighted by atomic mass is 35.5. The van der Waals surface area contributed by atoms with Crippen LogP contribution in [0.3, 0.4) is 0 Å². The lowest BCUT2D eigenvalue weighted by molar-refractivity contribution is 0.600. The van der Waals surface area contributed by atoms with Gasteiger partial charge in [-0.25, -0.2) is 17.8 Å². The summed E-state index contributed by atoms with van der Waals surface area (Å²) in [5.74, 6) is -0.625. The van der Waals surface area contributed by atoms with Crippen molar-refractivity contribution in [1.82, 2.24) is 4.98 Å². The second-order valence-corrected chi connectivity index (χ2v) is 6.24. The maximum atomic E-state index is 13.1. The number of nitriles is 1. The quantitative estimate of drug-likeness (QED) is 0.813. The molecule has 0 saturated carbocycles. The Bertz CT molecular complexity index is 843. The molecule has 0 radical (unpaired) electrons. The maximum Gasteiger partial charge on any atom is 0.233 e. The van der Waals surface area contributed by atoms with Crippen LogP contribution in [-0.2, 0) is 9.84 Å². The van der Waals surface area contributed by atoms with Crippen LogP contribution in [-0.4, -0.2) is 13.4 Å². The van der Waals surface area contributed by atoms with Crippen LogP contribution >= 0.6 is 11.6 Å². The number of hydrogen-bond donors (Lipinski definition) is 0. The molecule has 1 aromatic heterocycles. The zero-order valence-corrected chi connectivity index (χ0v) is 12.1. The highest BCUT2D eigenvalue weighted by molar-refractivity contribution is 7.95. The number of nitrogens with zero attached hydrogens (tertiary/aromatic N) is 2. The van der Waals surface area contributed by atoms with Crippen LogP contribution in [0.2, 0.25) is 5.02 Å². The van der Waals surface area contributed by atoms with E-state index < -0.39 is 20.6 Å². The standard InChI is InChI=1S/C14H8ClFN2O2S/c15-12-8-10(4-5-13(12)16)7-11(9-17)21(19,20)14-3-1-2-6-18-14/h1-8H. The molecule has 0 spiro atoms. The van der Waals surface area contributed by atoms with Gasteiger partial charge < -0.3 is 0 Å². The Balaban J connectivity index is 2.51. The molecule has 0 aliphatic carbocycles. The third-order valence-electron chi connectivity index (χ3n) is 2.55. The molecular formula is C14H8ClFN2O2S. The fraction of sp³-hybridized carbons (Fsp3) is 0. The molecule has 0 unspecified atom stereocenters. The Hall–Kier alpha value is -2.23. The van der Waals surface area contributed by atoms with Gasteiger partial charge in [0.25, 0.3) is 0 Å². The predicted octanol–water partition coefficient (Wildman–Crippen LogP) is 3.21. The smallest absolute Gasteiger partial charge is 0.233 e. The van der Waals surface area contributed by atoms with Gasteiger partial charge in [0.1, 0.15) is 11.9 Å². The Morgan fingerprint density at radius 2 is 2.10 bits per heavy atom. The Kier molecular flexibility index (Phi) is 4.36. The van der Waals surface area contributed by atoms with Gasteiger partial charge in [0.15, 0.2) is 9.93 Å². The molecule has 0 N–H and O–H groups in total. The van der Waals surface area contributed by atoms with E-state index in [0.717, 1.165) is 12.1 Å². The number of benzene rings is 1. The molecule has 2 aromatic rings. The topological polar surface area (TPSA) is 70.8 Å². The minimum absolute atomic E-state index is 0.156. The van der Waals surface area contributed by atoms with Crippen LogP contribution in [0, 0.1) is 17.1 Å². The average molecular weight is 323 g/mol. The third kappa shape index (κ3) is 3.27. The third-order valence-corrected chi connectivity index (χ3v) is 4.42. The van der Waals surface area contributed by atoms with E-state index in [1.807, 2.05) is 0 Å². The minimum Gasteiger partial charge on any atom is -0.244 e. The van der Waals surface area contributed by atoms with Gasteiger partial charge in [-0.05, 0) is 35.9 Å². The lowest BCUT2D eigenvalue weighted by Crippen LogP contribution is -2.05.